The smallest absolute Gasteiger partial charge is 0.245 e. The molecule has 1 aromatic carbocycles. The molecule has 0 spiro atoms. The molecule has 2 rings (SSSR count). The molecule has 2 amide bonds. The molecule has 0 aliphatic heterocycles. The lowest BCUT2D eigenvalue weighted by Crippen LogP contribution is -2.40. The summed E-state index contributed by atoms with van der Waals surface area (Å²) in [7, 11) is 0. The fourth-order valence-electron chi connectivity index (χ4n) is 3.09. The van der Waals surface area contributed by atoms with E-state index in [1.54, 1.807) is 9.58 Å². The lowest BCUT2D eigenvalue weighted by Gasteiger charge is -2.26. The molecule has 0 bridgehead atoms. The Bertz CT molecular complexity index is 858. The van der Waals surface area contributed by atoms with Crippen LogP contribution in [0.25, 0.3) is 5.69 Å². The van der Waals surface area contributed by atoms with Crippen molar-refractivity contribution in [1.29, 1.82) is 0 Å². The van der Waals surface area contributed by atoms with Crippen LogP contribution in [-0.4, -0.2) is 39.6 Å². The lowest BCUT2D eigenvalue weighted by molar-refractivity contribution is -0.136. The van der Waals surface area contributed by atoms with Crippen LogP contribution in [0.5, 0.6) is 0 Å². The number of hydrogen-bond donors (Lipinski definition) is 1. The van der Waals surface area contributed by atoms with Crippen LogP contribution in [0.2, 0.25) is 0 Å². The van der Waals surface area contributed by atoms with Crippen molar-refractivity contribution in [3.05, 3.63) is 42.1 Å². The van der Waals surface area contributed by atoms with Gasteiger partial charge in [-0.15, -0.1) is 0 Å². The van der Waals surface area contributed by atoms with Crippen molar-refractivity contribution in [2.45, 2.75) is 66.7 Å². The molecule has 1 aromatic heterocycles. The summed E-state index contributed by atoms with van der Waals surface area (Å²) in [6, 6.07) is 11.6. The standard InChI is InChI=1S/C24H36N4O2/c1-8-14-27(22(30)16-23(2,3)4)17-21(29)25-20-15-19(24(5,6)7)26-28(20)18-12-10-9-11-13-18/h9-13,15H,8,14,16-17H2,1-7H3,(H,25,29). The summed E-state index contributed by atoms with van der Waals surface area (Å²) < 4.78 is 1.75. The summed E-state index contributed by atoms with van der Waals surface area (Å²) in [4.78, 5) is 27.2. The summed E-state index contributed by atoms with van der Waals surface area (Å²) in [6.07, 6.45) is 1.22. The van der Waals surface area contributed by atoms with Gasteiger partial charge in [0, 0.05) is 24.4 Å². The van der Waals surface area contributed by atoms with Crippen LogP contribution in [-0.2, 0) is 15.0 Å². The Labute approximate surface area is 180 Å². The largest absolute Gasteiger partial charge is 0.333 e. The number of aromatic nitrogens is 2. The minimum Gasteiger partial charge on any atom is -0.333 e. The molecule has 164 valence electrons. The topological polar surface area (TPSA) is 67.2 Å². The Morgan fingerprint density at radius 1 is 1.07 bits per heavy atom. The third-order valence-corrected chi connectivity index (χ3v) is 4.61. The highest BCUT2D eigenvalue weighted by Gasteiger charge is 2.24. The van der Waals surface area contributed by atoms with Crippen LogP contribution in [0.1, 0.15) is 67.0 Å². The zero-order valence-corrected chi connectivity index (χ0v) is 19.5. The highest BCUT2D eigenvalue weighted by molar-refractivity contribution is 5.94. The zero-order valence-electron chi connectivity index (χ0n) is 19.5. The summed E-state index contributed by atoms with van der Waals surface area (Å²) in [5.41, 5.74) is 1.48. The number of rotatable bonds is 7. The number of nitrogens with one attached hydrogen (secondary N) is 1. The first kappa shape index (κ1) is 23.6. The van der Waals surface area contributed by atoms with E-state index in [1.165, 1.54) is 0 Å². The number of hydrogen-bond acceptors (Lipinski definition) is 3. The second-order valence-corrected chi connectivity index (χ2v) is 10.0. The monoisotopic (exact) mass is 412 g/mol. The molecule has 0 unspecified atom stereocenters. The summed E-state index contributed by atoms with van der Waals surface area (Å²) in [5.74, 6) is 0.394. The first-order chi connectivity index (χ1) is 13.9. The SMILES string of the molecule is CCCN(CC(=O)Nc1cc(C(C)(C)C)nn1-c1ccccc1)C(=O)CC(C)(C)C. The Morgan fingerprint density at radius 2 is 1.70 bits per heavy atom. The number of benzene rings is 1. The van der Waals surface area contributed by atoms with Crippen molar-refractivity contribution in [2.24, 2.45) is 5.41 Å². The minimum atomic E-state index is -0.219. The highest BCUT2D eigenvalue weighted by atomic mass is 16.2. The van der Waals surface area contributed by atoms with Crippen LogP contribution in [0.3, 0.4) is 0 Å². The fourth-order valence-corrected chi connectivity index (χ4v) is 3.09. The second-order valence-electron chi connectivity index (χ2n) is 10.0. The van der Waals surface area contributed by atoms with E-state index in [4.69, 9.17) is 5.10 Å². The first-order valence-corrected chi connectivity index (χ1v) is 10.6. The van der Waals surface area contributed by atoms with E-state index in [1.807, 2.05) is 64.1 Å². The quantitative estimate of drug-likeness (QED) is 0.711. The molecule has 6 nitrogen and oxygen atoms in total. The molecule has 1 heterocycles. The average molecular weight is 413 g/mol. The highest BCUT2D eigenvalue weighted by Crippen LogP contribution is 2.26. The van der Waals surface area contributed by atoms with E-state index in [0.717, 1.165) is 17.8 Å². The zero-order chi connectivity index (χ0) is 22.5. The van der Waals surface area contributed by atoms with E-state index in [0.29, 0.717) is 18.8 Å². The minimum absolute atomic E-state index is 0.00597. The van der Waals surface area contributed by atoms with E-state index in [-0.39, 0.29) is 29.2 Å². The molecule has 0 fully saturated rings. The van der Waals surface area contributed by atoms with E-state index < -0.39 is 0 Å². The fraction of sp³-hybridized carbons (Fsp3) is 0.542. The van der Waals surface area contributed by atoms with Gasteiger partial charge in [-0.3, -0.25) is 9.59 Å². The van der Waals surface area contributed by atoms with Gasteiger partial charge in [-0.1, -0.05) is 66.7 Å². The van der Waals surface area contributed by atoms with Gasteiger partial charge in [0.1, 0.15) is 5.82 Å². The van der Waals surface area contributed by atoms with Crippen molar-refractivity contribution < 1.29 is 9.59 Å². The molecule has 0 aliphatic carbocycles. The molecule has 0 aliphatic rings. The Hall–Kier alpha value is -2.63. The molecule has 2 aromatic rings. The van der Waals surface area contributed by atoms with Crippen LogP contribution < -0.4 is 5.32 Å². The van der Waals surface area contributed by atoms with Gasteiger partial charge in [0.15, 0.2) is 0 Å². The van der Waals surface area contributed by atoms with E-state index in [9.17, 15) is 9.59 Å². The summed E-state index contributed by atoms with van der Waals surface area (Å²) in [6.45, 7) is 15.0. The van der Waals surface area contributed by atoms with Crippen molar-refractivity contribution in [2.75, 3.05) is 18.4 Å². The van der Waals surface area contributed by atoms with Gasteiger partial charge >= 0.3 is 0 Å². The predicted octanol–water partition coefficient (Wildman–Crippen LogP) is 4.78. The van der Waals surface area contributed by atoms with Crippen LogP contribution >= 0.6 is 0 Å². The van der Waals surface area contributed by atoms with Crippen molar-refractivity contribution in [3.63, 3.8) is 0 Å². The van der Waals surface area contributed by atoms with Crippen LogP contribution in [0, 0.1) is 5.41 Å². The van der Waals surface area contributed by atoms with Gasteiger partial charge in [-0.05, 0) is 24.0 Å². The Balaban J connectivity index is 2.24. The molecule has 0 saturated heterocycles. The van der Waals surface area contributed by atoms with Crippen molar-refractivity contribution in [3.8, 4) is 5.69 Å². The number of anilines is 1. The molecule has 6 heteroatoms. The summed E-state index contributed by atoms with van der Waals surface area (Å²) >= 11 is 0. The maximum absolute atomic E-state index is 12.9. The third kappa shape index (κ3) is 6.71. The number of nitrogens with zero attached hydrogens (tertiary/aromatic N) is 3. The van der Waals surface area contributed by atoms with E-state index in [2.05, 4.69) is 26.1 Å². The lowest BCUT2D eigenvalue weighted by atomic mass is 9.91. The van der Waals surface area contributed by atoms with Crippen LogP contribution in [0.4, 0.5) is 5.82 Å². The van der Waals surface area contributed by atoms with Gasteiger partial charge < -0.3 is 10.2 Å². The number of para-hydroxylation sites is 1. The maximum atomic E-state index is 12.9. The predicted molar refractivity (Wildman–Crippen MR) is 122 cm³/mol. The van der Waals surface area contributed by atoms with Crippen LogP contribution in [0.15, 0.2) is 36.4 Å². The first-order valence-electron chi connectivity index (χ1n) is 10.6. The third-order valence-electron chi connectivity index (χ3n) is 4.61. The molecule has 1 N–H and O–H groups in total. The van der Waals surface area contributed by atoms with E-state index >= 15 is 0 Å². The van der Waals surface area contributed by atoms with Gasteiger partial charge in [0.05, 0.1) is 17.9 Å². The van der Waals surface area contributed by atoms with Crippen molar-refractivity contribution in [1.82, 2.24) is 14.7 Å². The van der Waals surface area contributed by atoms with Gasteiger partial charge in [-0.2, -0.15) is 5.10 Å². The molecule has 0 atom stereocenters. The normalized spacial score (nSPS) is 12.0. The molecular weight excluding hydrogens is 376 g/mol. The molecule has 30 heavy (non-hydrogen) atoms. The van der Waals surface area contributed by atoms with Gasteiger partial charge in [0.25, 0.3) is 0 Å². The number of amides is 2. The average Bonchev–Trinajstić information content (AvgIpc) is 3.04. The number of carbonyl (C=O) groups excluding carboxylic acids is 2. The van der Waals surface area contributed by atoms with Gasteiger partial charge in [-0.25, -0.2) is 4.68 Å². The number of carbonyl (C=O) groups is 2. The molecule has 0 saturated carbocycles. The summed E-state index contributed by atoms with van der Waals surface area (Å²) in [5, 5.41) is 7.70. The van der Waals surface area contributed by atoms with Gasteiger partial charge in [0.2, 0.25) is 11.8 Å². The molecular formula is C24H36N4O2. The maximum Gasteiger partial charge on any atom is 0.245 e. The second kappa shape index (κ2) is 9.45. The van der Waals surface area contributed by atoms with Crippen molar-refractivity contribution >= 4 is 17.6 Å². The molecule has 0 radical (unpaired) electrons. The Morgan fingerprint density at radius 3 is 2.23 bits per heavy atom. The Kier molecular flexibility index (Phi) is 7.45.